The van der Waals surface area contributed by atoms with E-state index in [2.05, 4.69) is 15.5 Å². The van der Waals surface area contributed by atoms with E-state index in [1.54, 1.807) is 6.20 Å². The number of nitrogens with zero attached hydrogens (tertiary/aromatic N) is 3. The molecule has 0 unspecified atom stereocenters. The zero-order chi connectivity index (χ0) is 16.9. The standard InChI is InChI=1S/C17H12N4O3/c22-17(14-5-7-15(8-6-14)21(23)24)20-19-11-12-3-4-13-2-1-9-18-16(13)10-12/h1-11H,(H,20,22)/b19-11+. The number of pyridine rings is 1. The predicted molar refractivity (Wildman–Crippen MR) is 89.9 cm³/mol. The summed E-state index contributed by atoms with van der Waals surface area (Å²) in [6, 6.07) is 14.8. The molecule has 0 fully saturated rings. The van der Waals surface area contributed by atoms with Gasteiger partial charge in [-0.25, -0.2) is 5.43 Å². The minimum absolute atomic E-state index is 0.0706. The molecule has 3 aromatic rings. The van der Waals surface area contributed by atoms with Crippen LogP contribution < -0.4 is 5.43 Å². The van der Waals surface area contributed by atoms with Gasteiger partial charge in [0, 0.05) is 29.3 Å². The Balaban J connectivity index is 1.68. The fourth-order valence-corrected chi connectivity index (χ4v) is 2.13. The maximum absolute atomic E-state index is 11.9. The molecule has 0 saturated carbocycles. The minimum Gasteiger partial charge on any atom is -0.267 e. The van der Waals surface area contributed by atoms with Crippen LogP contribution in [-0.2, 0) is 0 Å². The quantitative estimate of drug-likeness (QED) is 0.454. The van der Waals surface area contributed by atoms with Gasteiger partial charge in [-0.05, 0) is 29.8 Å². The Labute approximate surface area is 136 Å². The lowest BCUT2D eigenvalue weighted by atomic mass is 10.1. The fourth-order valence-electron chi connectivity index (χ4n) is 2.13. The molecule has 0 bridgehead atoms. The average Bonchev–Trinajstić information content (AvgIpc) is 2.61. The van der Waals surface area contributed by atoms with Crippen molar-refractivity contribution in [1.82, 2.24) is 10.4 Å². The van der Waals surface area contributed by atoms with E-state index in [1.807, 2.05) is 30.3 Å². The van der Waals surface area contributed by atoms with E-state index in [-0.39, 0.29) is 11.3 Å². The van der Waals surface area contributed by atoms with Gasteiger partial charge in [0.1, 0.15) is 0 Å². The van der Waals surface area contributed by atoms with E-state index in [1.165, 1.54) is 30.5 Å². The molecule has 3 rings (SSSR count). The number of non-ortho nitro benzene ring substituents is 1. The summed E-state index contributed by atoms with van der Waals surface area (Å²) in [5.74, 6) is -0.444. The normalized spacial score (nSPS) is 10.8. The monoisotopic (exact) mass is 320 g/mol. The average molecular weight is 320 g/mol. The number of hydrazone groups is 1. The van der Waals surface area contributed by atoms with Crippen molar-refractivity contribution in [2.75, 3.05) is 0 Å². The number of carbonyl (C=O) groups is 1. The van der Waals surface area contributed by atoms with E-state index in [0.717, 1.165) is 16.5 Å². The van der Waals surface area contributed by atoms with E-state index >= 15 is 0 Å². The number of fused-ring (bicyclic) bond motifs is 1. The lowest BCUT2D eigenvalue weighted by Crippen LogP contribution is -2.17. The number of hydrogen-bond donors (Lipinski definition) is 1. The van der Waals surface area contributed by atoms with Gasteiger partial charge in [-0.15, -0.1) is 0 Å². The van der Waals surface area contributed by atoms with Gasteiger partial charge in [-0.1, -0.05) is 18.2 Å². The van der Waals surface area contributed by atoms with E-state index < -0.39 is 10.8 Å². The van der Waals surface area contributed by atoms with Crippen molar-refractivity contribution in [3.63, 3.8) is 0 Å². The summed E-state index contributed by atoms with van der Waals surface area (Å²) in [4.78, 5) is 26.2. The zero-order valence-electron chi connectivity index (χ0n) is 12.4. The molecule has 0 spiro atoms. The van der Waals surface area contributed by atoms with Gasteiger partial charge >= 0.3 is 0 Å². The molecule has 0 aliphatic heterocycles. The molecular formula is C17H12N4O3. The van der Waals surface area contributed by atoms with Gasteiger partial charge < -0.3 is 0 Å². The molecule has 24 heavy (non-hydrogen) atoms. The zero-order valence-corrected chi connectivity index (χ0v) is 12.4. The summed E-state index contributed by atoms with van der Waals surface area (Å²) in [6.07, 6.45) is 3.22. The predicted octanol–water partition coefficient (Wildman–Crippen LogP) is 2.91. The van der Waals surface area contributed by atoms with Crippen LogP contribution in [0.25, 0.3) is 10.9 Å². The number of hydrogen-bond acceptors (Lipinski definition) is 5. The Kier molecular flexibility index (Phi) is 4.24. The van der Waals surface area contributed by atoms with E-state index in [0.29, 0.717) is 0 Å². The third-order valence-corrected chi connectivity index (χ3v) is 3.35. The molecular weight excluding hydrogens is 308 g/mol. The molecule has 0 aliphatic rings. The number of nitro groups is 1. The number of aromatic nitrogens is 1. The third kappa shape index (κ3) is 3.41. The van der Waals surface area contributed by atoms with Crippen molar-refractivity contribution in [1.29, 1.82) is 0 Å². The van der Waals surface area contributed by atoms with Crippen LogP contribution in [0.2, 0.25) is 0 Å². The number of nitrogens with one attached hydrogen (secondary N) is 1. The molecule has 1 heterocycles. The highest BCUT2D eigenvalue weighted by molar-refractivity contribution is 5.95. The number of amides is 1. The fraction of sp³-hybridized carbons (Fsp3) is 0. The molecule has 7 nitrogen and oxygen atoms in total. The maximum atomic E-state index is 11.9. The Morgan fingerprint density at radius 3 is 2.71 bits per heavy atom. The van der Waals surface area contributed by atoms with Gasteiger partial charge in [-0.3, -0.25) is 19.9 Å². The number of nitro benzene ring substituents is 1. The van der Waals surface area contributed by atoms with Crippen molar-refractivity contribution in [3.05, 3.63) is 82.0 Å². The van der Waals surface area contributed by atoms with Crippen LogP contribution in [-0.4, -0.2) is 22.0 Å². The summed E-state index contributed by atoms with van der Waals surface area (Å²) in [5.41, 5.74) is 4.24. The van der Waals surface area contributed by atoms with Gasteiger partial charge in [0.25, 0.3) is 11.6 Å². The Hall–Kier alpha value is -3.61. The summed E-state index contributed by atoms with van der Waals surface area (Å²) < 4.78 is 0. The molecule has 0 saturated heterocycles. The highest BCUT2D eigenvalue weighted by atomic mass is 16.6. The molecule has 0 aliphatic carbocycles. The van der Waals surface area contributed by atoms with Crippen LogP contribution in [0.15, 0.2) is 65.9 Å². The lowest BCUT2D eigenvalue weighted by molar-refractivity contribution is -0.384. The molecule has 1 N–H and O–H groups in total. The summed E-state index contributed by atoms with van der Waals surface area (Å²) >= 11 is 0. The molecule has 118 valence electrons. The molecule has 1 aromatic heterocycles. The van der Waals surface area contributed by atoms with Crippen LogP contribution in [0.4, 0.5) is 5.69 Å². The van der Waals surface area contributed by atoms with Crippen molar-refractivity contribution in [3.8, 4) is 0 Å². The summed E-state index contributed by atoms with van der Waals surface area (Å²) in [7, 11) is 0. The molecule has 0 atom stereocenters. The largest absolute Gasteiger partial charge is 0.271 e. The highest BCUT2D eigenvalue weighted by Crippen LogP contribution is 2.13. The first kappa shape index (κ1) is 15.3. The van der Waals surface area contributed by atoms with Gasteiger partial charge in [0.05, 0.1) is 16.7 Å². The van der Waals surface area contributed by atoms with Crippen molar-refractivity contribution in [2.45, 2.75) is 0 Å². The molecule has 2 aromatic carbocycles. The van der Waals surface area contributed by atoms with Gasteiger partial charge in [0.15, 0.2) is 0 Å². The Morgan fingerprint density at radius 1 is 1.17 bits per heavy atom. The highest BCUT2D eigenvalue weighted by Gasteiger charge is 2.08. The van der Waals surface area contributed by atoms with Crippen LogP contribution >= 0.6 is 0 Å². The van der Waals surface area contributed by atoms with Gasteiger partial charge in [0.2, 0.25) is 0 Å². The molecule has 1 amide bonds. The number of rotatable bonds is 4. The second-order valence-corrected chi connectivity index (χ2v) is 4.96. The summed E-state index contributed by atoms with van der Waals surface area (Å²) in [6.45, 7) is 0. The SMILES string of the molecule is O=C(N/N=C/c1ccc2cccnc2c1)c1ccc([N+](=O)[O-])cc1. The van der Waals surface area contributed by atoms with Crippen LogP contribution in [0.1, 0.15) is 15.9 Å². The number of carbonyl (C=O) groups excluding carboxylic acids is 1. The lowest BCUT2D eigenvalue weighted by Gasteiger charge is -2.00. The maximum Gasteiger partial charge on any atom is 0.271 e. The topological polar surface area (TPSA) is 97.5 Å². The smallest absolute Gasteiger partial charge is 0.267 e. The third-order valence-electron chi connectivity index (χ3n) is 3.35. The van der Waals surface area contributed by atoms with Crippen molar-refractivity contribution in [2.24, 2.45) is 5.10 Å². The summed E-state index contributed by atoms with van der Waals surface area (Å²) in [5, 5.41) is 15.5. The second kappa shape index (κ2) is 6.66. The molecule has 7 heteroatoms. The van der Waals surface area contributed by atoms with Crippen molar-refractivity contribution >= 4 is 28.7 Å². The first-order valence-electron chi connectivity index (χ1n) is 7.06. The van der Waals surface area contributed by atoms with Crippen LogP contribution in [0, 0.1) is 10.1 Å². The van der Waals surface area contributed by atoms with Crippen LogP contribution in [0.3, 0.4) is 0 Å². The van der Waals surface area contributed by atoms with E-state index in [4.69, 9.17) is 0 Å². The van der Waals surface area contributed by atoms with Crippen molar-refractivity contribution < 1.29 is 9.72 Å². The molecule has 0 radical (unpaired) electrons. The van der Waals surface area contributed by atoms with E-state index in [9.17, 15) is 14.9 Å². The second-order valence-electron chi connectivity index (χ2n) is 4.96. The Morgan fingerprint density at radius 2 is 1.96 bits per heavy atom. The Bertz CT molecular complexity index is 936. The first-order chi connectivity index (χ1) is 11.6. The van der Waals surface area contributed by atoms with Crippen LogP contribution in [0.5, 0.6) is 0 Å². The number of benzene rings is 2. The van der Waals surface area contributed by atoms with Gasteiger partial charge in [-0.2, -0.15) is 5.10 Å². The first-order valence-corrected chi connectivity index (χ1v) is 7.06. The minimum atomic E-state index is -0.520.